The van der Waals surface area contributed by atoms with Gasteiger partial charge in [0.05, 0.1) is 11.1 Å². The first-order chi connectivity index (χ1) is 20.0. The Morgan fingerprint density at radius 3 is 2.69 bits per heavy atom. The maximum atomic E-state index is 14.3. The van der Waals surface area contributed by atoms with Gasteiger partial charge in [-0.2, -0.15) is 13.2 Å². The molecule has 0 saturated carbocycles. The van der Waals surface area contributed by atoms with Crippen molar-refractivity contribution in [2.24, 2.45) is 18.0 Å². The van der Waals surface area contributed by atoms with Crippen molar-refractivity contribution in [3.05, 3.63) is 76.0 Å². The zero-order valence-corrected chi connectivity index (χ0v) is 23.9. The molecular weight excluding hydrogens is 574 g/mol. The van der Waals surface area contributed by atoms with Crippen LogP contribution in [0.25, 0.3) is 16.9 Å². The fourth-order valence-corrected chi connectivity index (χ4v) is 6.57. The van der Waals surface area contributed by atoms with Crippen LogP contribution in [0, 0.1) is 11.7 Å². The van der Waals surface area contributed by atoms with Gasteiger partial charge in [-0.1, -0.05) is 24.6 Å². The minimum Gasteiger partial charge on any atom is -0.317 e. The van der Waals surface area contributed by atoms with E-state index in [9.17, 15) is 22.4 Å². The van der Waals surface area contributed by atoms with Crippen molar-refractivity contribution in [3.63, 3.8) is 0 Å². The molecule has 2 aliphatic heterocycles. The van der Waals surface area contributed by atoms with Gasteiger partial charge in [0.2, 0.25) is 0 Å². The van der Waals surface area contributed by atoms with Gasteiger partial charge >= 0.3 is 11.9 Å². The fraction of sp³-hybridized carbons (Fsp3) is 0.448. The lowest BCUT2D eigenvalue weighted by Gasteiger charge is -2.31. The predicted molar refractivity (Wildman–Crippen MR) is 151 cm³/mol. The Hall–Kier alpha value is -3.51. The minimum absolute atomic E-state index is 0.205. The molecule has 2 unspecified atom stereocenters. The molecule has 3 atom stereocenters. The second kappa shape index (κ2) is 11.0. The highest BCUT2D eigenvalue weighted by Gasteiger charge is 2.36. The maximum Gasteiger partial charge on any atom is 0.418 e. The Morgan fingerprint density at radius 1 is 1.17 bits per heavy atom. The average molecular weight is 604 g/mol. The lowest BCUT2D eigenvalue weighted by molar-refractivity contribution is -0.136. The predicted octanol–water partition coefficient (Wildman–Crippen LogP) is 5.68. The number of piperidine rings is 1. The number of imidazole rings is 1. The number of likely N-dealkylation sites (tertiary alicyclic amines) is 1. The lowest BCUT2D eigenvalue weighted by Crippen LogP contribution is -2.34. The number of aliphatic imine (C=N–C) groups is 1. The normalized spacial score (nSPS) is 22.1. The summed E-state index contributed by atoms with van der Waals surface area (Å²) >= 11 is 6.54. The van der Waals surface area contributed by atoms with E-state index in [1.54, 1.807) is 17.7 Å². The first kappa shape index (κ1) is 28.6. The zero-order chi connectivity index (χ0) is 29.8. The Labute approximate surface area is 244 Å². The molecule has 0 amide bonds. The van der Waals surface area contributed by atoms with Crippen molar-refractivity contribution >= 4 is 23.0 Å². The first-order valence-corrected chi connectivity index (χ1v) is 14.3. The third-order valence-electron chi connectivity index (χ3n) is 8.16. The number of pyridine rings is 1. The van der Waals surface area contributed by atoms with Crippen LogP contribution in [0.1, 0.15) is 55.2 Å². The van der Waals surface area contributed by atoms with Crippen LogP contribution in [0.2, 0.25) is 0 Å². The summed E-state index contributed by atoms with van der Waals surface area (Å²) in [4.78, 5) is 20.2. The van der Waals surface area contributed by atoms with Crippen molar-refractivity contribution in [2.45, 2.75) is 56.7 Å². The summed E-state index contributed by atoms with van der Waals surface area (Å²) < 4.78 is 61.0. The van der Waals surface area contributed by atoms with Gasteiger partial charge in [0.25, 0.3) is 0 Å². The summed E-state index contributed by atoms with van der Waals surface area (Å²) in [7, 11) is 1.74. The van der Waals surface area contributed by atoms with Crippen LogP contribution in [-0.4, -0.2) is 53.1 Å². The highest BCUT2D eigenvalue weighted by atomic mass is 35.5. The van der Waals surface area contributed by atoms with Crippen LogP contribution in [0.3, 0.4) is 0 Å². The van der Waals surface area contributed by atoms with Gasteiger partial charge in [0.1, 0.15) is 23.5 Å². The largest absolute Gasteiger partial charge is 0.418 e. The van der Waals surface area contributed by atoms with Gasteiger partial charge in [-0.3, -0.25) is 18.9 Å². The van der Waals surface area contributed by atoms with Crippen molar-refractivity contribution in [2.75, 3.05) is 13.1 Å². The molecule has 0 radical (unpaired) electrons. The number of benzene rings is 1. The van der Waals surface area contributed by atoms with Gasteiger partial charge in [0.15, 0.2) is 5.82 Å². The van der Waals surface area contributed by atoms with Gasteiger partial charge < -0.3 is 4.57 Å². The van der Waals surface area contributed by atoms with Gasteiger partial charge in [-0.05, 0) is 67.0 Å². The topological polar surface area (TPSA) is 72.7 Å². The SMILES string of the molecule is C[C@H]1CCCN(Cc2cc(C(F)(F)F)c3cn(C4=NC(Cl)CC(c5ccc(F)cc5-c5nncn5C)C4)c(=O)n3c2)C1. The molecule has 222 valence electrons. The zero-order valence-electron chi connectivity index (χ0n) is 23.2. The number of rotatable bonds is 4. The molecule has 42 heavy (non-hydrogen) atoms. The second-order valence-electron chi connectivity index (χ2n) is 11.4. The molecule has 4 aromatic rings. The van der Waals surface area contributed by atoms with E-state index in [0.717, 1.165) is 46.5 Å². The number of alkyl halides is 4. The van der Waals surface area contributed by atoms with Gasteiger partial charge in [-0.15, -0.1) is 10.2 Å². The molecule has 1 fully saturated rings. The summed E-state index contributed by atoms with van der Waals surface area (Å²) in [5, 5.41) is 8.02. The van der Waals surface area contributed by atoms with Crippen molar-refractivity contribution in [1.82, 2.24) is 28.6 Å². The summed E-state index contributed by atoms with van der Waals surface area (Å²) in [6.45, 7) is 4.05. The molecular formula is C29H30ClF4N7O. The van der Waals surface area contributed by atoms with E-state index in [4.69, 9.17) is 11.6 Å². The summed E-state index contributed by atoms with van der Waals surface area (Å²) in [5.74, 6) is 0.406. The van der Waals surface area contributed by atoms with E-state index in [1.807, 2.05) is 0 Å². The third-order valence-corrected chi connectivity index (χ3v) is 8.43. The monoisotopic (exact) mass is 603 g/mol. The lowest BCUT2D eigenvalue weighted by atomic mass is 9.86. The molecule has 8 nitrogen and oxygen atoms in total. The van der Waals surface area contributed by atoms with Gasteiger partial charge in [0, 0.05) is 44.5 Å². The van der Waals surface area contributed by atoms with Crippen LogP contribution in [0.5, 0.6) is 0 Å². The second-order valence-corrected chi connectivity index (χ2v) is 11.9. The quantitative estimate of drug-likeness (QED) is 0.171. The van der Waals surface area contributed by atoms with Crippen LogP contribution < -0.4 is 5.69 Å². The van der Waals surface area contributed by atoms with Crippen LogP contribution >= 0.6 is 11.6 Å². The van der Waals surface area contributed by atoms with Crippen LogP contribution in [0.15, 0.2) is 52.8 Å². The Bertz CT molecular complexity index is 1720. The number of hydrogen-bond acceptors (Lipinski definition) is 5. The number of fused-ring (bicyclic) bond motifs is 1. The minimum atomic E-state index is -4.67. The maximum absolute atomic E-state index is 14.3. The van der Waals surface area contributed by atoms with E-state index in [-0.39, 0.29) is 23.7 Å². The molecule has 2 aliphatic rings. The highest BCUT2D eigenvalue weighted by molar-refractivity contribution is 6.21. The van der Waals surface area contributed by atoms with Crippen LogP contribution in [0.4, 0.5) is 17.6 Å². The van der Waals surface area contributed by atoms with E-state index in [2.05, 4.69) is 27.0 Å². The fourth-order valence-electron chi connectivity index (χ4n) is 6.24. The number of halogens is 5. The van der Waals surface area contributed by atoms with Crippen LogP contribution in [-0.2, 0) is 19.8 Å². The van der Waals surface area contributed by atoms with Crippen molar-refractivity contribution in [1.29, 1.82) is 0 Å². The molecule has 0 aliphatic carbocycles. The Kier molecular flexibility index (Phi) is 7.46. The van der Waals surface area contributed by atoms with E-state index >= 15 is 0 Å². The molecule has 13 heteroatoms. The summed E-state index contributed by atoms with van der Waals surface area (Å²) in [6, 6.07) is 5.49. The molecule has 0 spiro atoms. The Balaban J connectivity index is 1.39. The summed E-state index contributed by atoms with van der Waals surface area (Å²) in [5.41, 5.74) is -0.848. The summed E-state index contributed by atoms with van der Waals surface area (Å²) in [6.07, 6.45) is 2.19. The number of hydrogen-bond donors (Lipinski definition) is 0. The van der Waals surface area contributed by atoms with Crippen molar-refractivity contribution in [3.8, 4) is 11.4 Å². The molecule has 5 heterocycles. The third kappa shape index (κ3) is 5.49. The number of aryl methyl sites for hydroxylation is 1. The van der Waals surface area contributed by atoms with Gasteiger partial charge in [-0.25, -0.2) is 9.18 Å². The van der Waals surface area contributed by atoms with Crippen molar-refractivity contribution < 1.29 is 17.6 Å². The number of nitrogens with zero attached hydrogens (tertiary/aromatic N) is 7. The molecule has 1 aromatic carbocycles. The van der Waals surface area contributed by atoms with E-state index in [0.29, 0.717) is 35.8 Å². The Morgan fingerprint density at radius 2 is 1.98 bits per heavy atom. The average Bonchev–Trinajstić information content (AvgIpc) is 3.50. The number of aromatic nitrogens is 5. The molecule has 6 rings (SSSR count). The first-order valence-electron chi connectivity index (χ1n) is 13.9. The molecule has 0 bridgehead atoms. The molecule has 0 N–H and O–H groups in total. The standard InChI is InChI=1S/C29H30ClF4N7O/c1-17-4-3-7-39(12-17)13-18-8-23(29(32,33)34)24-15-41(28(42)40(24)14-18)26-10-19(9-25(30)36-26)21-6-5-20(31)11-22(21)27-37-35-16-38(27)2/h5-6,8,11,14-17,19,25H,3-4,7,9-10,12-13H2,1-2H3/t17-,19?,25?/m0/s1. The molecule has 3 aromatic heterocycles. The smallest absolute Gasteiger partial charge is 0.317 e. The van der Waals surface area contributed by atoms with E-state index < -0.39 is 28.7 Å². The highest BCUT2D eigenvalue weighted by Crippen LogP contribution is 2.38. The molecule has 1 saturated heterocycles. The van der Waals surface area contributed by atoms with E-state index in [1.165, 1.54) is 30.9 Å².